The van der Waals surface area contributed by atoms with Crippen LogP contribution in [0.4, 0.5) is 13.2 Å². The summed E-state index contributed by atoms with van der Waals surface area (Å²) in [6, 6.07) is 1.98. The first kappa shape index (κ1) is 15.7. The summed E-state index contributed by atoms with van der Waals surface area (Å²) in [5, 5.41) is 3.14. The summed E-state index contributed by atoms with van der Waals surface area (Å²) in [6.07, 6.45) is 2.39. The fourth-order valence-corrected chi connectivity index (χ4v) is 1.60. The van der Waals surface area contributed by atoms with Crippen molar-refractivity contribution < 1.29 is 17.9 Å². The minimum absolute atomic E-state index is 0.321. The van der Waals surface area contributed by atoms with Crippen LogP contribution in [0.1, 0.15) is 18.9 Å². The molecule has 0 aromatic heterocycles. The molecule has 1 aromatic carbocycles. The van der Waals surface area contributed by atoms with Gasteiger partial charge in [-0.2, -0.15) is 0 Å². The Balaban J connectivity index is 2.74. The van der Waals surface area contributed by atoms with Gasteiger partial charge in [-0.25, -0.2) is 13.2 Å². The molecular weight excluding hydrogens is 255 g/mol. The maximum Gasteiger partial charge on any atom is 0.194 e. The van der Waals surface area contributed by atoms with Gasteiger partial charge in [0.1, 0.15) is 0 Å². The van der Waals surface area contributed by atoms with E-state index >= 15 is 0 Å². The lowest BCUT2D eigenvalue weighted by Gasteiger charge is -2.07. The van der Waals surface area contributed by atoms with Gasteiger partial charge in [-0.05, 0) is 24.1 Å². The molecule has 0 bridgehead atoms. The van der Waals surface area contributed by atoms with Crippen LogP contribution in [0.25, 0.3) is 6.08 Å². The van der Waals surface area contributed by atoms with Gasteiger partial charge in [0.2, 0.25) is 0 Å². The van der Waals surface area contributed by atoms with E-state index in [4.69, 9.17) is 4.74 Å². The number of nitrogens with one attached hydrogen (secondary N) is 1. The van der Waals surface area contributed by atoms with E-state index in [1.807, 2.05) is 6.92 Å². The molecule has 0 saturated carbocycles. The van der Waals surface area contributed by atoms with Gasteiger partial charge >= 0.3 is 0 Å². The summed E-state index contributed by atoms with van der Waals surface area (Å²) in [5.41, 5.74) is 1.29. The molecule has 1 rings (SSSR count). The Hall–Kier alpha value is -1.33. The fourth-order valence-electron chi connectivity index (χ4n) is 1.60. The lowest BCUT2D eigenvalue weighted by molar-refractivity contribution is 0.200. The highest BCUT2D eigenvalue weighted by atomic mass is 19.2. The zero-order chi connectivity index (χ0) is 14.3. The summed E-state index contributed by atoms with van der Waals surface area (Å²) in [7, 11) is 1.61. The van der Waals surface area contributed by atoms with Gasteiger partial charge in [-0.3, -0.25) is 0 Å². The first-order valence-electron chi connectivity index (χ1n) is 6.12. The minimum atomic E-state index is -1.44. The molecule has 0 aliphatic carbocycles. The Kier molecular flexibility index (Phi) is 6.59. The molecule has 2 nitrogen and oxygen atoms in total. The van der Waals surface area contributed by atoms with E-state index in [1.54, 1.807) is 13.2 Å². The first-order chi connectivity index (χ1) is 9.08. The molecular formula is C14H18F3NO. The average molecular weight is 273 g/mol. The van der Waals surface area contributed by atoms with Crippen LogP contribution in [0, 0.1) is 17.5 Å². The van der Waals surface area contributed by atoms with Crippen LogP contribution in [0.5, 0.6) is 0 Å². The van der Waals surface area contributed by atoms with Crippen molar-refractivity contribution in [2.24, 2.45) is 0 Å². The van der Waals surface area contributed by atoms with E-state index in [1.165, 1.54) is 0 Å². The summed E-state index contributed by atoms with van der Waals surface area (Å²) in [5.74, 6) is -3.78. The highest BCUT2D eigenvalue weighted by molar-refractivity contribution is 5.53. The fraction of sp³-hybridized carbons (Fsp3) is 0.429. The molecule has 0 aliphatic heterocycles. The SMILES string of the molecule is CCC(=Cc1cc(F)c(F)c(F)c1)CNCCOC. The summed E-state index contributed by atoms with van der Waals surface area (Å²) in [4.78, 5) is 0. The third kappa shape index (κ3) is 5.04. The van der Waals surface area contributed by atoms with Crippen LogP contribution < -0.4 is 5.32 Å². The van der Waals surface area contributed by atoms with Crippen LogP contribution in [0.3, 0.4) is 0 Å². The molecule has 106 valence electrons. The average Bonchev–Trinajstić information content (AvgIpc) is 2.39. The maximum atomic E-state index is 13.1. The van der Waals surface area contributed by atoms with Gasteiger partial charge in [-0.15, -0.1) is 0 Å². The van der Waals surface area contributed by atoms with E-state index in [-0.39, 0.29) is 0 Å². The number of benzene rings is 1. The van der Waals surface area contributed by atoms with Crippen molar-refractivity contribution in [2.45, 2.75) is 13.3 Å². The zero-order valence-corrected chi connectivity index (χ0v) is 11.1. The molecule has 0 heterocycles. The van der Waals surface area contributed by atoms with Crippen molar-refractivity contribution in [3.8, 4) is 0 Å². The second-order valence-electron chi connectivity index (χ2n) is 4.12. The largest absolute Gasteiger partial charge is 0.383 e. The first-order valence-corrected chi connectivity index (χ1v) is 6.12. The quantitative estimate of drug-likeness (QED) is 0.609. The normalized spacial score (nSPS) is 11.9. The number of hydrogen-bond donors (Lipinski definition) is 1. The molecule has 0 spiro atoms. The lowest BCUT2D eigenvalue weighted by Crippen LogP contribution is -2.21. The molecule has 0 atom stereocenters. The summed E-state index contributed by atoms with van der Waals surface area (Å²) in [6.45, 7) is 3.83. The van der Waals surface area contributed by atoms with Crippen LogP contribution in [0.2, 0.25) is 0 Å². The van der Waals surface area contributed by atoms with Crippen molar-refractivity contribution in [3.63, 3.8) is 0 Å². The summed E-state index contributed by atoms with van der Waals surface area (Å²) >= 11 is 0. The van der Waals surface area contributed by atoms with Gasteiger partial charge in [-0.1, -0.05) is 18.6 Å². The zero-order valence-electron chi connectivity index (χ0n) is 11.1. The van der Waals surface area contributed by atoms with Gasteiger partial charge < -0.3 is 10.1 Å². The van der Waals surface area contributed by atoms with Gasteiger partial charge in [0, 0.05) is 20.2 Å². The molecule has 0 fully saturated rings. The number of halogens is 3. The summed E-state index contributed by atoms with van der Waals surface area (Å²) < 4.78 is 43.9. The number of hydrogen-bond acceptors (Lipinski definition) is 2. The Morgan fingerprint density at radius 3 is 2.42 bits per heavy atom. The molecule has 19 heavy (non-hydrogen) atoms. The standard InChI is InChI=1S/C14H18F3NO/c1-3-10(9-18-4-5-19-2)6-11-7-12(15)14(17)13(16)8-11/h6-8,18H,3-5,9H2,1-2H3. The van der Waals surface area contributed by atoms with E-state index in [9.17, 15) is 13.2 Å². The van der Waals surface area contributed by atoms with Crippen LogP contribution >= 0.6 is 0 Å². The Labute approximate surface area is 111 Å². The second kappa shape index (κ2) is 7.96. The Bertz CT molecular complexity index is 423. The predicted molar refractivity (Wildman–Crippen MR) is 69.3 cm³/mol. The topological polar surface area (TPSA) is 21.3 Å². The van der Waals surface area contributed by atoms with Crippen molar-refractivity contribution in [1.82, 2.24) is 5.32 Å². The Morgan fingerprint density at radius 2 is 1.89 bits per heavy atom. The molecule has 0 saturated heterocycles. The highest BCUT2D eigenvalue weighted by Gasteiger charge is 2.09. The molecule has 5 heteroatoms. The molecule has 0 aliphatic rings. The van der Waals surface area contributed by atoms with Gasteiger partial charge in [0.05, 0.1) is 6.61 Å². The molecule has 1 N–H and O–H groups in total. The third-order valence-corrected chi connectivity index (χ3v) is 2.67. The van der Waals surface area contributed by atoms with Crippen LogP contribution in [-0.2, 0) is 4.74 Å². The number of ether oxygens (including phenoxy) is 1. The van der Waals surface area contributed by atoms with E-state index in [2.05, 4.69) is 5.32 Å². The van der Waals surface area contributed by atoms with E-state index in [0.717, 1.165) is 24.1 Å². The van der Waals surface area contributed by atoms with Crippen molar-refractivity contribution in [1.29, 1.82) is 0 Å². The van der Waals surface area contributed by atoms with Crippen LogP contribution in [-0.4, -0.2) is 26.8 Å². The monoisotopic (exact) mass is 273 g/mol. The van der Waals surface area contributed by atoms with Gasteiger partial charge in [0.25, 0.3) is 0 Å². The highest BCUT2D eigenvalue weighted by Crippen LogP contribution is 2.16. The molecule has 0 amide bonds. The van der Waals surface area contributed by atoms with E-state index < -0.39 is 17.5 Å². The van der Waals surface area contributed by atoms with Crippen molar-refractivity contribution in [2.75, 3.05) is 26.8 Å². The molecule has 0 radical (unpaired) electrons. The minimum Gasteiger partial charge on any atom is -0.383 e. The third-order valence-electron chi connectivity index (χ3n) is 2.67. The predicted octanol–water partition coefficient (Wildman–Crippen LogP) is 3.13. The Morgan fingerprint density at radius 1 is 1.26 bits per heavy atom. The number of rotatable bonds is 7. The molecule has 1 aromatic rings. The smallest absolute Gasteiger partial charge is 0.194 e. The van der Waals surface area contributed by atoms with E-state index in [0.29, 0.717) is 25.3 Å². The van der Waals surface area contributed by atoms with Crippen LogP contribution in [0.15, 0.2) is 17.7 Å². The lowest BCUT2D eigenvalue weighted by atomic mass is 10.1. The van der Waals surface area contributed by atoms with Crippen molar-refractivity contribution in [3.05, 3.63) is 40.7 Å². The maximum absolute atomic E-state index is 13.1. The molecule has 0 unspecified atom stereocenters. The second-order valence-corrected chi connectivity index (χ2v) is 4.12. The van der Waals surface area contributed by atoms with Crippen molar-refractivity contribution >= 4 is 6.08 Å². The number of methoxy groups -OCH3 is 1. The van der Waals surface area contributed by atoms with Gasteiger partial charge in [0.15, 0.2) is 17.5 Å².